The zero-order valence-electron chi connectivity index (χ0n) is 17.3. The maximum absolute atomic E-state index is 12.8. The van der Waals surface area contributed by atoms with Crippen molar-refractivity contribution in [3.8, 4) is 11.5 Å². The number of likely N-dealkylation sites (N-methyl/N-ethyl adjacent to an activating group) is 1. The molecular weight excluding hydrogens is 416 g/mol. The van der Waals surface area contributed by atoms with Crippen LogP contribution in [0.15, 0.2) is 46.6 Å². The van der Waals surface area contributed by atoms with Crippen LogP contribution in [0.25, 0.3) is 16.7 Å². The number of benzene rings is 1. The van der Waals surface area contributed by atoms with Gasteiger partial charge < -0.3 is 18.9 Å². The van der Waals surface area contributed by atoms with Crippen LogP contribution in [0.5, 0.6) is 11.5 Å². The van der Waals surface area contributed by atoms with E-state index in [-0.39, 0.29) is 5.56 Å². The van der Waals surface area contributed by atoms with E-state index in [9.17, 15) is 4.79 Å². The Bertz CT molecular complexity index is 1320. The molecule has 4 heterocycles. The molecular formula is C21H22N6O3S. The van der Waals surface area contributed by atoms with Crippen molar-refractivity contribution in [1.29, 1.82) is 0 Å². The summed E-state index contributed by atoms with van der Waals surface area (Å²) in [5.74, 6) is 2.70. The zero-order chi connectivity index (χ0) is 21.4. The van der Waals surface area contributed by atoms with Gasteiger partial charge in [0.25, 0.3) is 11.3 Å². The number of rotatable bonds is 6. The van der Waals surface area contributed by atoms with E-state index >= 15 is 0 Å². The van der Waals surface area contributed by atoms with E-state index in [4.69, 9.17) is 9.47 Å². The molecule has 9 nitrogen and oxygen atoms in total. The second-order valence-corrected chi connectivity index (χ2v) is 8.49. The molecule has 4 aromatic rings. The Labute approximate surface area is 182 Å². The van der Waals surface area contributed by atoms with E-state index in [1.54, 1.807) is 21.5 Å². The molecule has 5 rings (SSSR count). The fourth-order valence-electron chi connectivity index (χ4n) is 3.41. The molecule has 0 fully saturated rings. The molecule has 1 aliphatic heterocycles. The van der Waals surface area contributed by atoms with E-state index in [2.05, 4.69) is 15.1 Å². The predicted molar refractivity (Wildman–Crippen MR) is 118 cm³/mol. The molecule has 0 amide bonds. The average Bonchev–Trinajstić information content (AvgIpc) is 3.20. The first kappa shape index (κ1) is 19.8. The number of fused-ring (bicyclic) bond motifs is 4. The highest BCUT2D eigenvalue weighted by Crippen LogP contribution is 2.32. The van der Waals surface area contributed by atoms with E-state index in [0.29, 0.717) is 47.3 Å². The SMILES string of the molecule is CN(C)CCn1ccc2c(cnc3nc(SCc4ccc5c(c4)OCCO5)nn32)c1=O. The maximum Gasteiger partial charge on any atom is 0.261 e. The van der Waals surface area contributed by atoms with Gasteiger partial charge in [-0.2, -0.15) is 9.50 Å². The highest BCUT2D eigenvalue weighted by Gasteiger charge is 2.14. The molecule has 160 valence electrons. The summed E-state index contributed by atoms with van der Waals surface area (Å²) in [6.07, 6.45) is 3.39. The standard InChI is InChI=1S/C21H22N6O3S/c1-25(2)7-8-26-6-5-16-15(19(26)28)12-22-20-23-21(24-27(16)20)31-13-14-3-4-17-18(11-14)30-10-9-29-17/h3-6,11-12H,7-10,13H2,1-2H3. The van der Waals surface area contributed by atoms with Crippen LogP contribution in [0, 0.1) is 0 Å². The zero-order valence-corrected chi connectivity index (χ0v) is 18.1. The normalized spacial score (nSPS) is 13.4. The average molecular weight is 439 g/mol. The van der Waals surface area contributed by atoms with Gasteiger partial charge in [-0.15, -0.1) is 5.10 Å². The highest BCUT2D eigenvalue weighted by molar-refractivity contribution is 7.98. The summed E-state index contributed by atoms with van der Waals surface area (Å²) in [6.45, 7) is 2.54. The third-order valence-electron chi connectivity index (χ3n) is 5.05. The molecule has 1 aliphatic rings. The van der Waals surface area contributed by atoms with Gasteiger partial charge in [0.15, 0.2) is 11.5 Å². The summed E-state index contributed by atoms with van der Waals surface area (Å²) in [5.41, 5.74) is 1.72. The van der Waals surface area contributed by atoms with Crippen LogP contribution in [-0.4, -0.2) is 62.9 Å². The van der Waals surface area contributed by atoms with Gasteiger partial charge >= 0.3 is 0 Å². The Kier molecular flexibility index (Phi) is 5.24. The van der Waals surface area contributed by atoms with Gasteiger partial charge in [0.2, 0.25) is 5.16 Å². The minimum Gasteiger partial charge on any atom is -0.486 e. The topological polar surface area (TPSA) is 86.8 Å². The fourth-order valence-corrected chi connectivity index (χ4v) is 4.17. The summed E-state index contributed by atoms with van der Waals surface area (Å²) >= 11 is 1.51. The second kappa shape index (κ2) is 8.20. The van der Waals surface area contributed by atoms with Gasteiger partial charge in [0.1, 0.15) is 13.2 Å². The molecule has 0 aliphatic carbocycles. The summed E-state index contributed by atoms with van der Waals surface area (Å²) in [6, 6.07) is 7.82. The molecule has 0 spiro atoms. The second-order valence-electron chi connectivity index (χ2n) is 7.55. The quantitative estimate of drug-likeness (QED) is 0.423. The molecule has 0 saturated heterocycles. The van der Waals surface area contributed by atoms with Gasteiger partial charge in [0, 0.05) is 31.2 Å². The van der Waals surface area contributed by atoms with Crippen LogP contribution in [0.3, 0.4) is 0 Å². The molecule has 0 N–H and O–H groups in total. The summed E-state index contributed by atoms with van der Waals surface area (Å²) in [7, 11) is 3.97. The van der Waals surface area contributed by atoms with Crippen LogP contribution in [-0.2, 0) is 12.3 Å². The number of hydrogen-bond donors (Lipinski definition) is 0. The molecule has 0 atom stereocenters. The Hall–Kier alpha value is -3.11. The lowest BCUT2D eigenvalue weighted by molar-refractivity contribution is 0.171. The van der Waals surface area contributed by atoms with Crippen molar-refractivity contribution in [2.24, 2.45) is 0 Å². The van der Waals surface area contributed by atoms with Crippen LogP contribution in [0.4, 0.5) is 0 Å². The Morgan fingerprint density at radius 3 is 2.84 bits per heavy atom. The third-order valence-corrected chi connectivity index (χ3v) is 5.96. The minimum absolute atomic E-state index is 0.0743. The summed E-state index contributed by atoms with van der Waals surface area (Å²) < 4.78 is 14.6. The molecule has 31 heavy (non-hydrogen) atoms. The number of thioether (sulfide) groups is 1. The Morgan fingerprint density at radius 1 is 1.16 bits per heavy atom. The van der Waals surface area contributed by atoms with Gasteiger partial charge in [-0.3, -0.25) is 4.79 Å². The Balaban J connectivity index is 1.40. The highest BCUT2D eigenvalue weighted by atomic mass is 32.2. The maximum atomic E-state index is 12.8. The van der Waals surface area contributed by atoms with Crippen molar-refractivity contribution >= 4 is 28.4 Å². The van der Waals surface area contributed by atoms with Gasteiger partial charge in [-0.1, -0.05) is 17.8 Å². The number of ether oxygens (including phenoxy) is 2. The molecule has 3 aromatic heterocycles. The van der Waals surface area contributed by atoms with Gasteiger partial charge in [0.05, 0.1) is 10.9 Å². The van der Waals surface area contributed by atoms with Crippen molar-refractivity contribution in [3.63, 3.8) is 0 Å². The number of pyridine rings is 1. The largest absolute Gasteiger partial charge is 0.486 e. The lowest BCUT2D eigenvalue weighted by Crippen LogP contribution is -2.26. The van der Waals surface area contributed by atoms with Crippen molar-refractivity contribution in [2.75, 3.05) is 33.9 Å². The third kappa shape index (κ3) is 3.96. The monoisotopic (exact) mass is 438 g/mol. The predicted octanol–water partition coefficient (Wildman–Crippen LogP) is 2.06. The molecule has 0 unspecified atom stereocenters. The lowest BCUT2D eigenvalue weighted by atomic mass is 10.2. The smallest absolute Gasteiger partial charge is 0.261 e. The molecule has 10 heteroatoms. The Morgan fingerprint density at radius 2 is 2.00 bits per heavy atom. The van der Waals surface area contributed by atoms with Crippen LogP contribution >= 0.6 is 11.8 Å². The number of nitrogens with zero attached hydrogens (tertiary/aromatic N) is 6. The van der Waals surface area contributed by atoms with Crippen molar-refractivity contribution < 1.29 is 9.47 Å². The lowest BCUT2D eigenvalue weighted by Gasteiger charge is -2.18. The van der Waals surface area contributed by atoms with Crippen LogP contribution in [0.2, 0.25) is 0 Å². The summed E-state index contributed by atoms with van der Waals surface area (Å²) in [5, 5.41) is 5.72. The van der Waals surface area contributed by atoms with Crippen LogP contribution in [0.1, 0.15) is 5.56 Å². The first-order chi connectivity index (χ1) is 15.1. The molecule has 0 saturated carbocycles. The van der Waals surface area contributed by atoms with E-state index in [0.717, 1.165) is 23.6 Å². The summed E-state index contributed by atoms with van der Waals surface area (Å²) in [4.78, 5) is 23.7. The first-order valence-corrected chi connectivity index (χ1v) is 11.0. The number of hydrogen-bond acceptors (Lipinski definition) is 8. The fraction of sp³-hybridized carbons (Fsp3) is 0.333. The number of aromatic nitrogens is 5. The van der Waals surface area contributed by atoms with E-state index in [1.165, 1.54) is 11.8 Å². The van der Waals surface area contributed by atoms with E-state index < -0.39 is 0 Å². The van der Waals surface area contributed by atoms with Crippen LogP contribution < -0.4 is 15.0 Å². The molecule has 1 aromatic carbocycles. The van der Waals surface area contributed by atoms with Gasteiger partial charge in [-0.05, 0) is 37.9 Å². The van der Waals surface area contributed by atoms with Crippen molar-refractivity contribution in [2.45, 2.75) is 17.5 Å². The van der Waals surface area contributed by atoms with Crippen molar-refractivity contribution in [3.05, 3.63) is 52.6 Å². The van der Waals surface area contributed by atoms with E-state index in [1.807, 2.05) is 43.3 Å². The minimum atomic E-state index is -0.0743. The van der Waals surface area contributed by atoms with Gasteiger partial charge in [-0.25, -0.2) is 4.98 Å². The first-order valence-electron chi connectivity index (χ1n) is 9.99. The molecule has 0 bridgehead atoms. The molecule has 0 radical (unpaired) electrons. The van der Waals surface area contributed by atoms with Crippen molar-refractivity contribution in [1.82, 2.24) is 29.0 Å².